The Bertz CT molecular complexity index is 261. The maximum atomic E-state index is 11.7. The molecule has 106 valence electrons. The van der Waals surface area contributed by atoms with Crippen molar-refractivity contribution in [1.82, 2.24) is 5.32 Å². The lowest BCUT2D eigenvalue weighted by Crippen LogP contribution is -2.29. The van der Waals surface area contributed by atoms with E-state index < -0.39 is 19.0 Å². The molecule has 7 heteroatoms. The van der Waals surface area contributed by atoms with E-state index >= 15 is 0 Å². The number of hydrogen-bond acceptors (Lipinski definition) is 3. The average molecular weight is 267 g/mol. The highest BCUT2D eigenvalue weighted by Crippen LogP contribution is 2.03. The quantitative estimate of drug-likeness (QED) is 0.585. The van der Waals surface area contributed by atoms with Crippen molar-refractivity contribution in [1.29, 1.82) is 0 Å². The summed E-state index contributed by atoms with van der Waals surface area (Å²) in [6.45, 7) is 1.50. The summed E-state index contributed by atoms with van der Waals surface area (Å²) in [6, 6.07) is 0. The summed E-state index contributed by atoms with van der Waals surface area (Å²) in [6.07, 6.45) is -1.95. The Balaban J connectivity index is 3.48. The van der Waals surface area contributed by atoms with E-state index in [-0.39, 0.29) is 31.3 Å². The molecule has 0 aromatic carbocycles. The number of carbonyl (C=O) groups is 2. The van der Waals surface area contributed by atoms with E-state index in [1.807, 2.05) is 6.92 Å². The highest BCUT2D eigenvalue weighted by Gasteiger charge is 2.08. The van der Waals surface area contributed by atoms with Crippen LogP contribution in [0.3, 0.4) is 0 Å². The van der Waals surface area contributed by atoms with Gasteiger partial charge in [-0.1, -0.05) is 6.92 Å². The molecule has 18 heavy (non-hydrogen) atoms. The predicted molar refractivity (Wildman–Crippen MR) is 60.5 cm³/mol. The molecular formula is C11H19F2NO4. The molecule has 0 aliphatic carbocycles. The molecule has 0 saturated carbocycles. The first kappa shape index (κ1) is 16.8. The van der Waals surface area contributed by atoms with Gasteiger partial charge in [0.05, 0.1) is 6.61 Å². The number of halogens is 2. The Morgan fingerprint density at radius 2 is 2.00 bits per heavy atom. The van der Waals surface area contributed by atoms with Gasteiger partial charge in [-0.2, -0.15) is 0 Å². The summed E-state index contributed by atoms with van der Waals surface area (Å²) < 4.78 is 27.9. The molecule has 0 saturated heterocycles. The van der Waals surface area contributed by atoms with Crippen molar-refractivity contribution >= 4 is 11.9 Å². The Morgan fingerprint density at radius 3 is 2.56 bits per heavy atom. The molecule has 1 amide bonds. The second kappa shape index (κ2) is 9.76. The average Bonchev–Trinajstić information content (AvgIpc) is 2.29. The molecule has 0 heterocycles. The number of amides is 1. The first-order valence-corrected chi connectivity index (χ1v) is 5.76. The largest absolute Gasteiger partial charge is 0.481 e. The molecule has 1 atom stereocenters. The van der Waals surface area contributed by atoms with E-state index in [2.05, 4.69) is 10.1 Å². The smallest absolute Gasteiger partial charge is 0.303 e. The van der Waals surface area contributed by atoms with Gasteiger partial charge in [0.25, 0.3) is 6.43 Å². The minimum absolute atomic E-state index is 0.0262. The van der Waals surface area contributed by atoms with Crippen molar-refractivity contribution in [3.63, 3.8) is 0 Å². The second-order valence-electron chi connectivity index (χ2n) is 4.06. The van der Waals surface area contributed by atoms with Gasteiger partial charge in [0.15, 0.2) is 0 Å². The summed E-state index contributed by atoms with van der Waals surface area (Å²) in [5.41, 5.74) is 0. The Kier molecular flexibility index (Phi) is 9.08. The number of carboxylic acids is 1. The van der Waals surface area contributed by atoms with Gasteiger partial charge in [-0.3, -0.25) is 9.59 Å². The van der Waals surface area contributed by atoms with Crippen LogP contribution in [0.2, 0.25) is 0 Å². The zero-order valence-electron chi connectivity index (χ0n) is 10.3. The van der Waals surface area contributed by atoms with Gasteiger partial charge in [-0.05, 0) is 12.3 Å². The van der Waals surface area contributed by atoms with Gasteiger partial charge in [0.1, 0.15) is 6.61 Å². The Morgan fingerprint density at radius 1 is 1.33 bits per heavy atom. The zero-order chi connectivity index (χ0) is 14.0. The molecule has 5 nitrogen and oxygen atoms in total. The van der Waals surface area contributed by atoms with Crippen LogP contribution < -0.4 is 5.32 Å². The van der Waals surface area contributed by atoms with Crippen molar-refractivity contribution in [2.75, 3.05) is 19.8 Å². The molecule has 1 unspecified atom stereocenters. The SMILES string of the molecule is CC(CCC(=O)O)CNC(=O)CCOCC(F)F. The van der Waals surface area contributed by atoms with Crippen molar-refractivity contribution in [3.8, 4) is 0 Å². The van der Waals surface area contributed by atoms with Crippen LogP contribution in [0, 0.1) is 5.92 Å². The summed E-state index contributed by atoms with van der Waals surface area (Å²) in [5, 5.41) is 11.1. The second-order valence-corrected chi connectivity index (χ2v) is 4.06. The third kappa shape index (κ3) is 11.3. The number of ether oxygens (including phenoxy) is 1. The lowest BCUT2D eigenvalue weighted by Gasteiger charge is -2.11. The van der Waals surface area contributed by atoms with Crippen LogP contribution in [0.25, 0.3) is 0 Å². The summed E-state index contributed by atoms with van der Waals surface area (Å²) >= 11 is 0. The minimum atomic E-state index is -2.52. The number of alkyl halides is 2. The molecular weight excluding hydrogens is 248 g/mol. The first-order chi connectivity index (χ1) is 8.41. The normalized spacial score (nSPS) is 12.4. The summed E-state index contributed by atoms with van der Waals surface area (Å²) in [4.78, 5) is 21.5. The maximum Gasteiger partial charge on any atom is 0.303 e. The van der Waals surface area contributed by atoms with Crippen LogP contribution in [0.1, 0.15) is 26.2 Å². The minimum Gasteiger partial charge on any atom is -0.481 e. The fourth-order valence-corrected chi connectivity index (χ4v) is 1.19. The van der Waals surface area contributed by atoms with Crippen molar-refractivity contribution in [3.05, 3.63) is 0 Å². The van der Waals surface area contributed by atoms with Gasteiger partial charge in [0.2, 0.25) is 5.91 Å². The van der Waals surface area contributed by atoms with Crippen LogP contribution in [0.15, 0.2) is 0 Å². The molecule has 0 aromatic heterocycles. The molecule has 0 rings (SSSR count). The van der Waals surface area contributed by atoms with Crippen LogP contribution in [0.4, 0.5) is 8.78 Å². The van der Waals surface area contributed by atoms with Crippen LogP contribution in [0.5, 0.6) is 0 Å². The zero-order valence-corrected chi connectivity index (χ0v) is 10.3. The molecule has 0 bridgehead atoms. The maximum absolute atomic E-state index is 11.7. The van der Waals surface area contributed by atoms with E-state index in [1.165, 1.54) is 0 Å². The molecule has 0 spiro atoms. The molecule has 0 fully saturated rings. The first-order valence-electron chi connectivity index (χ1n) is 5.76. The number of nitrogens with one attached hydrogen (secondary N) is 1. The summed E-state index contributed by atoms with van der Waals surface area (Å²) in [5.74, 6) is -1.09. The number of carbonyl (C=O) groups excluding carboxylic acids is 1. The van der Waals surface area contributed by atoms with E-state index in [0.717, 1.165) is 0 Å². The van der Waals surface area contributed by atoms with E-state index in [1.54, 1.807) is 0 Å². The standard InChI is InChI=1S/C11H19F2NO4/c1-8(2-3-11(16)17)6-14-10(15)4-5-18-7-9(12)13/h8-9H,2-7H2,1H3,(H,14,15)(H,16,17). The number of rotatable bonds is 10. The third-order valence-corrected chi connectivity index (χ3v) is 2.22. The highest BCUT2D eigenvalue weighted by molar-refractivity contribution is 5.75. The summed E-state index contributed by atoms with van der Waals surface area (Å²) in [7, 11) is 0. The Labute approximate surface area is 105 Å². The number of aliphatic carboxylic acids is 1. The number of hydrogen-bond donors (Lipinski definition) is 2. The number of carboxylic acid groups (broad SMARTS) is 1. The highest BCUT2D eigenvalue weighted by atomic mass is 19.3. The predicted octanol–water partition coefficient (Wildman–Crippen LogP) is 1.28. The fraction of sp³-hybridized carbons (Fsp3) is 0.818. The van der Waals surface area contributed by atoms with E-state index in [0.29, 0.717) is 13.0 Å². The van der Waals surface area contributed by atoms with E-state index in [9.17, 15) is 18.4 Å². The van der Waals surface area contributed by atoms with Crippen molar-refractivity contribution in [2.24, 2.45) is 5.92 Å². The topological polar surface area (TPSA) is 75.6 Å². The molecule has 0 aliphatic rings. The van der Waals surface area contributed by atoms with Gasteiger partial charge in [0, 0.05) is 19.4 Å². The Hall–Kier alpha value is -1.24. The van der Waals surface area contributed by atoms with E-state index in [4.69, 9.17) is 5.11 Å². The van der Waals surface area contributed by atoms with Gasteiger partial charge < -0.3 is 15.2 Å². The molecule has 2 N–H and O–H groups in total. The lowest BCUT2D eigenvalue weighted by atomic mass is 10.1. The monoisotopic (exact) mass is 267 g/mol. The fourth-order valence-electron chi connectivity index (χ4n) is 1.19. The van der Waals surface area contributed by atoms with Crippen molar-refractivity contribution in [2.45, 2.75) is 32.6 Å². The van der Waals surface area contributed by atoms with Crippen molar-refractivity contribution < 1.29 is 28.2 Å². The van der Waals surface area contributed by atoms with Gasteiger partial charge in [-0.15, -0.1) is 0 Å². The van der Waals surface area contributed by atoms with Gasteiger partial charge in [-0.25, -0.2) is 8.78 Å². The molecule has 0 aliphatic heterocycles. The van der Waals surface area contributed by atoms with Crippen LogP contribution in [-0.4, -0.2) is 43.2 Å². The van der Waals surface area contributed by atoms with Crippen LogP contribution >= 0.6 is 0 Å². The molecule has 0 aromatic rings. The molecule has 0 radical (unpaired) electrons. The van der Waals surface area contributed by atoms with Gasteiger partial charge >= 0.3 is 5.97 Å². The lowest BCUT2D eigenvalue weighted by molar-refractivity contribution is -0.137. The van der Waals surface area contributed by atoms with Crippen LogP contribution in [-0.2, 0) is 14.3 Å². The third-order valence-electron chi connectivity index (χ3n) is 2.22.